The monoisotopic (exact) mass is 312 g/mol. The summed E-state index contributed by atoms with van der Waals surface area (Å²) in [6.45, 7) is 0.415. The molecule has 110 valence electrons. The fraction of sp³-hybridized carbons (Fsp3) is 0.0625. The van der Waals surface area contributed by atoms with Crippen LogP contribution in [0.2, 0.25) is 5.02 Å². The number of amides is 1. The third-order valence-electron chi connectivity index (χ3n) is 3.14. The summed E-state index contributed by atoms with van der Waals surface area (Å²) >= 11 is 5.80. The van der Waals surface area contributed by atoms with Crippen LogP contribution >= 0.6 is 11.6 Å². The van der Waals surface area contributed by atoms with E-state index in [1.807, 2.05) is 22.9 Å². The first-order valence-corrected chi connectivity index (χ1v) is 7.07. The molecule has 2 heterocycles. The van der Waals surface area contributed by atoms with E-state index in [2.05, 4.69) is 15.3 Å². The van der Waals surface area contributed by atoms with Crippen molar-refractivity contribution in [2.75, 3.05) is 0 Å². The summed E-state index contributed by atoms with van der Waals surface area (Å²) in [6.07, 6.45) is 6.94. The molecule has 0 saturated heterocycles. The highest BCUT2D eigenvalue weighted by molar-refractivity contribution is 6.30. The van der Waals surface area contributed by atoms with Crippen LogP contribution in [0.4, 0.5) is 0 Å². The third kappa shape index (κ3) is 3.32. The van der Waals surface area contributed by atoms with Crippen LogP contribution in [0.15, 0.2) is 61.3 Å². The van der Waals surface area contributed by atoms with Gasteiger partial charge in [-0.3, -0.25) is 9.36 Å². The van der Waals surface area contributed by atoms with E-state index >= 15 is 0 Å². The van der Waals surface area contributed by atoms with Crippen molar-refractivity contribution in [1.29, 1.82) is 0 Å². The summed E-state index contributed by atoms with van der Waals surface area (Å²) < 4.78 is 1.82. The molecule has 1 N–H and O–H groups in total. The van der Waals surface area contributed by atoms with Crippen LogP contribution in [0.3, 0.4) is 0 Å². The van der Waals surface area contributed by atoms with Crippen LogP contribution in [-0.2, 0) is 6.54 Å². The number of carbonyl (C=O) groups is 1. The first-order valence-electron chi connectivity index (χ1n) is 6.69. The molecule has 1 aromatic carbocycles. The van der Waals surface area contributed by atoms with Crippen molar-refractivity contribution in [1.82, 2.24) is 19.9 Å². The summed E-state index contributed by atoms with van der Waals surface area (Å²) in [5.41, 5.74) is 1.50. The topological polar surface area (TPSA) is 59.8 Å². The molecule has 1 amide bonds. The Bertz CT molecular complexity index is 752. The smallest absolute Gasteiger partial charge is 0.251 e. The minimum Gasteiger partial charge on any atom is -0.348 e. The van der Waals surface area contributed by atoms with Gasteiger partial charge in [0.25, 0.3) is 5.91 Å². The third-order valence-corrected chi connectivity index (χ3v) is 3.39. The van der Waals surface area contributed by atoms with E-state index in [9.17, 15) is 4.79 Å². The van der Waals surface area contributed by atoms with Crippen molar-refractivity contribution in [2.45, 2.75) is 6.54 Å². The number of aromatic nitrogens is 3. The maximum atomic E-state index is 12.0. The predicted octanol–water partition coefficient (Wildman–Crippen LogP) is 2.85. The van der Waals surface area contributed by atoms with Crippen LogP contribution in [0.1, 0.15) is 15.9 Å². The van der Waals surface area contributed by atoms with Crippen molar-refractivity contribution in [3.63, 3.8) is 0 Å². The Morgan fingerprint density at radius 3 is 2.64 bits per heavy atom. The Morgan fingerprint density at radius 1 is 1.18 bits per heavy atom. The van der Waals surface area contributed by atoms with Crippen LogP contribution in [0.25, 0.3) is 5.82 Å². The molecule has 0 unspecified atom stereocenters. The standard InChI is InChI=1S/C16H13ClN4O/c17-14-4-2-13(3-5-14)16(22)20-10-12-1-6-15(19-9-12)21-8-7-18-11-21/h1-9,11H,10H2,(H,20,22). The van der Waals surface area contributed by atoms with E-state index in [1.54, 1.807) is 43.0 Å². The number of benzene rings is 1. The maximum absolute atomic E-state index is 12.0. The van der Waals surface area contributed by atoms with Crippen molar-refractivity contribution < 1.29 is 4.79 Å². The second kappa shape index (κ2) is 6.41. The Labute approximate surface area is 132 Å². The van der Waals surface area contributed by atoms with Crippen LogP contribution in [0, 0.1) is 0 Å². The second-order valence-corrected chi connectivity index (χ2v) is 5.12. The fourth-order valence-corrected chi connectivity index (χ4v) is 2.08. The molecule has 0 fully saturated rings. The SMILES string of the molecule is O=C(NCc1ccc(-n2ccnc2)nc1)c1ccc(Cl)cc1. The summed E-state index contributed by atoms with van der Waals surface area (Å²) in [5, 5.41) is 3.46. The fourth-order valence-electron chi connectivity index (χ4n) is 1.95. The van der Waals surface area contributed by atoms with Crippen LogP contribution in [0.5, 0.6) is 0 Å². The van der Waals surface area contributed by atoms with Gasteiger partial charge in [0.1, 0.15) is 12.1 Å². The van der Waals surface area contributed by atoms with E-state index in [-0.39, 0.29) is 5.91 Å². The number of nitrogens with one attached hydrogen (secondary N) is 1. The Kier molecular flexibility index (Phi) is 4.16. The zero-order chi connectivity index (χ0) is 15.4. The molecule has 0 aliphatic heterocycles. The zero-order valence-electron chi connectivity index (χ0n) is 11.6. The Balaban J connectivity index is 1.61. The van der Waals surface area contributed by atoms with Crippen LogP contribution < -0.4 is 5.32 Å². The lowest BCUT2D eigenvalue weighted by Crippen LogP contribution is -2.22. The van der Waals surface area contributed by atoms with Gasteiger partial charge in [-0.15, -0.1) is 0 Å². The number of imidazole rings is 1. The molecule has 3 aromatic rings. The van der Waals surface area contributed by atoms with E-state index < -0.39 is 0 Å². The lowest BCUT2D eigenvalue weighted by atomic mass is 10.2. The Morgan fingerprint density at radius 2 is 2.00 bits per heavy atom. The first-order chi connectivity index (χ1) is 10.7. The number of rotatable bonds is 4. The van der Waals surface area contributed by atoms with Gasteiger partial charge in [-0.25, -0.2) is 9.97 Å². The number of pyridine rings is 1. The second-order valence-electron chi connectivity index (χ2n) is 4.68. The molecular formula is C16H13ClN4O. The van der Waals surface area contributed by atoms with Crippen molar-refractivity contribution >= 4 is 17.5 Å². The van der Waals surface area contributed by atoms with Crippen LogP contribution in [-0.4, -0.2) is 20.4 Å². The van der Waals surface area contributed by atoms with E-state index in [4.69, 9.17) is 11.6 Å². The number of carbonyl (C=O) groups excluding carboxylic acids is 1. The summed E-state index contributed by atoms with van der Waals surface area (Å²) in [5.74, 6) is 0.639. The molecule has 0 saturated carbocycles. The van der Waals surface area contributed by atoms with Gasteiger partial charge in [-0.1, -0.05) is 17.7 Å². The molecule has 0 bridgehead atoms. The lowest BCUT2D eigenvalue weighted by molar-refractivity contribution is 0.0951. The molecule has 0 spiro atoms. The molecule has 2 aromatic heterocycles. The van der Waals surface area contributed by atoms with Gasteiger partial charge in [0, 0.05) is 35.7 Å². The average Bonchev–Trinajstić information content (AvgIpc) is 3.08. The molecule has 0 radical (unpaired) electrons. The number of halogens is 1. The quantitative estimate of drug-likeness (QED) is 0.806. The van der Waals surface area contributed by atoms with Crippen molar-refractivity contribution in [3.05, 3.63) is 77.5 Å². The summed E-state index contributed by atoms with van der Waals surface area (Å²) in [6, 6.07) is 10.6. The number of nitrogens with zero attached hydrogens (tertiary/aromatic N) is 3. The summed E-state index contributed by atoms with van der Waals surface area (Å²) in [7, 11) is 0. The minimum absolute atomic E-state index is 0.143. The van der Waals surface area contributed by atoms with Gasteiger partial charge >= 0.3 is 0 Å². The number of hydrogen-bond donors (Lipinski definition) is 1. The van der Waals surface area contributed by atoms with Crippen molar-refractivity contribution in [2.24, 2.45) is 0 Å². The van der Waals surface area contributed by atoms with Crippen molar-refractivity contribution in [3.8, 4) is 5.82 Å². The van der Waals surface area contributed by atoms with Gasteiger partial charge in [0.2, 0.25) is 0 Å². The summed E-state index contributed by atoms with van der Waals surface area (Å²) in [4.78, 5) is 20.3. The molecule has 6 heteroatoms. The van der Waals surface area contributed by atoms with Gasteiger partial charge in [0.05, 0.1) is 0 Å². The molecule has 0 aliphatic rings. The van der Waals surface area contributed by atoms with E-state index in [0.717, 1.165) is 11.4 Å². The Hall–Kier alpha value is -2.66. The van der Waals surface area contributed by atoms with Gasteiger partial charge in [0.15, 0.2) is 0 Å². The molecule has 22 heavy (non-hydrogen) atoms. The van der Waals surface area contributed by atoms with Gasteiger partial charge < -0.3 is 5.32 Å². The highest BCUT2D eigenvalue weighted by Crippen LogP contribution is 2.10. The molecule has 0 aliphatic carbocycles. The molecule has 0 atom stereocenters. The predicted molar refractivity (Wildman–Crippen MR) is 84.0 cm³/mol. The first kappa shape index (κ1) is 14.3. The lowest BCUT2D eigenvalue weighted by Gasteiger charge is -2.06. The zero-order valence-corrected chi connectivity index (χ0v) is 12.4. The molecule has 3 rings (SSSR count). The normalized spacial score (nSPS) is 10.4. The average molecular weight is 313 g/mol. The van der Waals surface area contributed by atoms with E-state index in [1.165, 1.54) is 0 Å². The molecule has 5 nitrogen and oxygen atoms in total. The number of hydrogen-bond acceptors (Lipinski definition) is 3. The van der Waals surface area contributed by atoms with Gasteiger partial charge in [-0.05, 0) is 35.9 Å². The largest absolute Gasteiger partial charge is 0.348 e. The highest BCUT2D eigenvalue weighted by atomic mass is 35.5. The molecular weight excluding hydrogens is 300 g/mol. The minimum atomic E-state index is -0.143. The van der Waals surface area contributed by atoms with Gasteiger partial charge in [-0.2, -0.15) is 0 Å². The van der Waals surface area contributed by atoms with E-state index in [0.29, 0.717) is 17.1 Å². The highest BCUT2D eigenvalue weighted by Gasteiger charge is 2.05. The maximum Gasteiger partial charge on any atom is 0.251 e.